The van der Waals surface area contributed by atoms with E-state index in [0.29, 0.717) is 11.3 Å². The van der Waals surface area contributed by atoms with Gasteiger partial charge in [0.2, 0.25) is 0 Å². The zero-order valence-electron chi connectivity index (χ0n) is 19.9. The SMILES string of the molecule is CCCCCc1c(-c2ccc(Br)cc2)c(C(N)=O)c(C)n1CCc1ccc(OC)c(OC)c1. The lowest BCUT2D eigenvalue weighted by Crippen LogP contribution is -2.14. The van der Waals surface area contributed by atoms with Crippen molar-refractivity contribution in [3.05, 3.63) is 69.5 Å². The van der Waals surface area contributed by atoms with Crippen molar-refractivity contribution < 1.29 is 14.3 Å². The third kappa shape index (κ3) is 5.61. The van der Waals surface area contributed by atoms with Gasteiger partial charge in [-0.1, -0.05) is 53.9 Å². The molecule has 0 aliphatic carbocycles. The highest BCUT2D eigenvalue weighted by Crippen LogP contribution is 2.35. The predicted octanol–water partition coefficient (Wildman–Crippen LogP) is 6.32. The molecular weight excluding hydrogens is 480 g/mol. The van der Waals surface area contributed by atoms with Crippen molar-refractivity contribution in [3.63, 3.8) is 0 Å². The minimum atomic E-state index is -0.382. The maximum absolute atomic E-state index is 12.6. The average molecular weight is 513 g/mol. The molecule has 0 atom stereocenters. The van der Waals surface area contributed by atoms with Crippen LogP contribution in [0, 0.1) is 6.92 Å². The fourth-order valence-electron chi connectivity index (χ4n) is 4.41. The first-order chi connectivity index (χ1) is 15.9. The van der Waals surface area contributed by atoms with E-state index in [0.717, 1.165) is 71.3 Å². The molecule has 6 heteroatoms. The van der Waals surface area contributed by atoms with Crippen LogP contribution in [0.4, 0.5) is 0 Å². The number of carbonyl (C=O) groups is 1. The second-order valence-corrected chi connectivity index (χ2v) is 9.12. The normalized spacial score (nSPS) is 10.9. The van der Waals surface area contributed by atoms with Crippen LogP contribution in [0.5, 0.6) is 11.5 Å². The van der Waals surface area contributed by atoms with Gasteiger partial charge in [0.05, 0.1) is 19.8 Å². The van der Waals surface area contributed by atoms with Gasteiger partial charge in [-0.05, 0) is 61.6 Å². The summed E-state index contributed by atoms with van der Waals surface area (Å²) in [6.45, 7) is 4.95. The Morgan fingerprint density at radius 2 is 1.70 bits per heavy atom. The van der Waals surface area contributed by atoms with Crippen molar-refractivity contribution in [1.29, 1.82) is 0 Å². The van der Waals surface area contributed by atoms with Gasteiger partial charge in [-0.25, -0.2) is 0 Å². The second kappa shape index (κ2) is 11.4. The number of hydrogen-bond acceptors (Lipinski definition) is 3. The lowest BCUT2D eigenvalue weighted by Gasteiger charge is -2.15. The Hall–Kier alpha value is -2.73. The van der Waals surface area contributed by atoms with E-state index >= 15 is 0 Å². The molecule has 2 aromatic carbocycles. The highest BCUT2D eigenvalue weighted by atomic mass is 79.9. The van der Waals surface area contributed by atoms with Crippen molar-refractivity contribution in [2.75, 3.05) is 14.2 Å². The Morgan fingerprint density at radius 1 is 1.00 bits per heavy atom. The zero-order chi connectivity index (χ0) is 24.0. The van der Waals surface area contributed by atoms with Crippen LogP contribution in [-0.2, 0) is 19.4 Å². The molecule has 3 rings (SSSR count). The molecule has 3 aromatic rings. The summed E-state index contributed by atoms with van der Waals surface area (Å²) < 4.78 is 14.1. The number of methoxy groups -OCH3 is 2. The molecule has 0 unspecified atom stereocenters. The Morgan fingerprint density at radius 3 is 2.30 bits per heavy atom. The topological polar surface area (TPSA) is 66.5 Å². The molecule has 0 spiro atoms. The number of aromatic nitrogens is 1. The average Bonchev–Trinajstić information content (AvgIpc) is 3.09. The van der Waals surface area contributed by atoms with Gasteiger partial charge < -0.3 is 19.8 Å². The summed E-state index contributed by atoms with van der Waals surface area (Å²) in [5, 5.41) is 0. The molecule has 0 saturated heterocycles. The molecule has 1 aromatic heterocycles. The number of nitrogens with zero attached hydrogens (tertiary/aromatic N) is 1. The fourth-order valence-corrected chi connectivity index (χ4v) is 4.67. The van der Waals surface area contributed by atoms with E-state index < -0.39 is 0 Å². The molecule has 5 nitrogen and oxygen atoms in total. The highest BCUT2D eigenvalue weighted by molar-refractivity contribution is 9.10. The minimum Gasteiger partial charge on any atom is -0.493 e. The van der Waals surface area contributed by atoms with Gasteiger partial charge in [0.15, 0.2) is 11.5 Å². The second-order valence-electron chi connectivity index (χ2n) is 8.20. The molecular formula is C27H33BrN2O3. The van der Waals surface area contributed by atoms with Crippen molar-refractivity contribution >= 4 is 21.8 Å². The number of ether oxygens (including phenoxy) is 2. The fraction of sp³-hybridized carbons (Fsp3) is 0.370. The Kier molecular flexibility index (Phi) is 8.61. The molecule has 1 amide bonds. The molecule has 0 aliphatic heterocycles. The summed E-state index contributed by atoms with van der Waals surface area (Å²) in [5.74, 6) is 1.05. The van der Waals surface area contributed by atoms with Crippen LogP contribution in [0.2, 0.25) is 0 Å². The number of rotatable bonds is 11. The van der Waals surface area contributed by atoms with Gasteiger partial charge >= 0.3 is 0 Å². The number of primary amides is 1. The highest BCUT2D eigenvalue weighted by Gasteiger charge is 2.24. The van der Waals surface area contributed by atoms with Crippen LogP contribution in [0.1, 0.15) is 53.5 Å². The van der Waals surface area contributed by atoms with Crippen LogP contribution in [-0.4, -0.2) is 24.7 Å². The Balaban J connectivity index is 2.05. The van der Waals surface area contributed by atoms with E-state index in [1.165, 1.54) is 5.69 Å². The van der Waals surface area contributed by atoms with Crippen molar-refractivity contribution in [2.45, 2.75) is 52.5 Å². The van der Waals surface area contributed by atoms with E-state index in [2.05, 4.69) is 33.5 Å². The van der Waals surface area contributed by atoms with Crippen LogP contribution < -0.4 is 15.2 Å². The summed E-state index contributed by atoms with van der Waals surface area (Å²) in [7, 11) is 3.28. The number of hydrogen-bond donors (Lipinski definition) is 1. The van der Waals surface area contributed by atoms with E-state index in [1.54, 1.807) is 14.2 Å². The summed E-state index contributed by atoms with van der Waals surface area (Å²) >= 11 is 3.51. The number of amides is 1. The number of carbonyl (C=O) groups excluding carboxylic acids is 1. The molecule has 0 radical (unpaired) electrons. The van der Waals surface area contributed by atoms with Crippen molar-refractivity contribution in [3.8, 4) is 22.6 Å². The smallest absolute Gasteiger partial charge is 0.251 e. The lowest BCUT2D eigenvalue weighted by atomic mass is 9.97. The Labute approximate surface area is 205 Å². The zero-order valence-corrected chi connectivity index (χ0v) is 21.5. The summed E-state index contributed by atoms with van der Waals surface area (Å²) in [5.41, 5.74) is 11.8. The molecule has 2 N–H and O–H groups in total. The third-order valence-corrected chi connectivity index (χ3v) is 6.63. The quantitative estimate of drug-likeness (QED) is 0.305. The summed E-state index contributed by atoms with van der Waals surface area (Å²) in [6, 6.07) is 14.1. The van der Waals surface area contributed by atoms with E-state index in [1.807, 2.05) is 43.3 Å². The van der Waals surface area contributed by atoms with Gasteiger partial charge in [-0.15, -0.1) is 0 Å². The molecule has 0 fully saturated rings. The van der Waals surface area contributed by atoms with Gasteiger partial charge in [0, 0.05) is 28.0 Å². The van der Waals surface area contributed by atoms with Gasteiger partial charge in [-0.3, -0.25) is 4.79 Å². The molecule has 0 aliphatic rings. The van der Waals surface area contributed by atoms with Gasteiger partial charge in [0.25, 0.3) is 5.91 Å². The number of nitrogens with two attached hydrogens (primary N) is 1. The number of halogens is 1. The Bertz CT molecular complexity index is 1100. The molecule has 0 bridgehead atoms. The molecule has 0 saturated carbocycles. The molecule has 1 heterocycles. The van der Waals surface area contributed by atoms with Crippen LogP contribution in [0.3, 0.4) is 0 Å². The van der Waals surface area contributed by atoms with Gasteiger partial charge in [-0.2, -0.15) is 0 Å². The van der Waals surface area contributed by atoms with Crippen LogP contribution in [0.25, 0.3) is 11.1 Å². The van der Waals surface area contributed by atoms with Crippen molar-refractivity contribution in [2.24, 2.45) is 5.73 Å². The lowest BCUT2D eigenvalue weighted by molar-refractivity contribution is 0.1000. The first-order valence-electron chi connectivity index (χ1n) is 11.4. The first kappa shape index (κ1) is 24.9. The van der Waals surface area contributed by atoms with E-state index in [-0.39, 0.29) is 5.91 Å². The van der Waals surface area contributed by atoms with Crippen molar-refractivity contribution in [1.82, 2.24) is 4.57 Å². The third-order valence-electron chi connectivity index (χ3n) is 6.10. The van der Waals surface area contributed by atoms with E-state index in [4.69, 9.17) is 15.2 Å². The van der Waals surface area contributed by atoms with Gasteiger partial charge in [0.1, 0.15) is 0 Å². The maximum atomic E-state index is 12.6. The molecule has 33 heavy (non-hydrogen) atoms. The monoisotopic (exact) mass is 512 g/mol. The van der Waals surface area contributed by atoms with Crippen LogP contribution in [0.15, 0.2) is 46.9 Å². The minimum absolute atomic E-state index is 0.382. The standard InChI is InChI=1S/C27H33BrN2O3/c1-5-6-7-8-22-26(20-10-12-21(28)13-11-20)25(27(29)31)18(2)30(22)16-15-19-9-14-23(32-3)24(17-19)33-4/h9-14,17H,5-8,15-16H2,1-4H3,(H2,29,31). The number of benzene rings is 2. The maximum Gasteiger partial charge on any atom is 0.251 e. The van der Waals surface area contributed by atoms with Crippen LogP contribution >= 0.6 is 15.9 Å². The first-order valence-corrected chi connectivity index (χ1v) is 12.2. The largest absolute Gasteiger partial charge is 0.493 e. The number of unbranched alkanes of at least 4 members (excludes halogenated alkanes) is 2. The molecule has 176 valence electrons. The summed E-state index contributed by atoms with van der Waals surface area (Å²) in [6.07, 6.45) is 5.05. The number of aryl methyl sites for hydroxylation is 1. The predicted molar refractivity (Wildman–Crippen MR) is 137 cm³/mol. The summed E-state index contributed by atoms with van der Waals surface area (Å²) in [4.78, 5) is 12.6. The van der Waals surface area contributed by atoms with E-state index in [9.17, 15) is 4.79 Å².